The summed E-state index contributed by atoms with van der Waals surface area (Å²) in [5, 5.41) is 12.5. The molecule has 5 nitrogen and oxygen atoms in total. The van der Waals surface area contributed by atoms with E-state index in [9.17, 15) is 14.7 Å². The summed E-state index contributed by atoms with van der Waals surface area (Å²) in [5.41, 5.74) is 0.0302. The lowest BCUT2D eigenvalue weighted by Crippen LogP contribution is -2.54. The first-order valence-electron chi connectivity index (χ1n) is 7.70. The van der Waals surface area contributed by atoms with Crippen molar-refractivity contribution in [2.75, 3.05) is 7.11 Å². The van der Waals surface area contributed by atoms with E-state index in [0.29, 0.717) is 11.5 Å². The van der Waals surface area contributed by atoms with Gasteiger partial charge in [-0.2, -0.15) is 0 Å². The van der Waals surface area contributed by atoms with Gasteiger partial charge in [0.25, 0.3) is 5.91 Å². The average molecular weight is 317 g/mol. The topological polar surface area (TPSA) is 75.6 Å². The van der Waals surface area contributed by atoms with Crippen molar-refractivity contribution in [3.05, 3.63) is 41.5 Å². The van der Waals surface area contributed by atoms with Gasteiger partial charge in [-0.1, -0.05) is 24.3 Å². The van der Waals surface area contributed by atoms with Gasteiger partial charge in [0.05, 0.1) is 12.7 Å². The van der Waals surface area contributed by atoms with E-state index in [4.69, 9.17) is 0 Å². The van der Waals surface area contributed by atoms with E-state index < -0.39 is 23.5 Å². The van der Waals surface area contributed by atoms with Gasteiger partial charge in [-0.25, -0.2) is 4.79 Å². The van der Waals surface area contributed by atoms with Crippen LogP contribution in [0, 0.1) is 5.92 Å². The van der Waals surface area contributed by atoms with Crippen LogP contribution in [-0.2, 0) is 9.53 Å². The van der Waals surface area contributed by atoms with Crippen LogP contribution in [0.2, 0.25) is 0 Å². The highest BCUT2D eigenvalue weighted by atomic mass is 16.5. The van der Waals surface area contributed by atoms with Gasteiger partial charge < -0.3 is 15.2 Å². The molecule has 1 aliphatic carbocycles. The van der Waals surface area contributed by atoms with E-state index in [1.807, 2.05) is 18.2 Å². The molecule has 0 heterocycles. The number of nitrogens with one attached hydrogen (secondary N) is 1. The summed E-state index contributed by atoms with van der Waals surface area (Å²) in [7, 11) is 1.22. The van der Waals surface area contributed by atoms with Crippen molar-refractivity contribution in [1.82, 2.24) is 5.32 Å². The molecular weight excluding hydrogens is 294 g/mol. The molecule has 0 aliphatic heterocycles. The largest absolute Gasteiger partial charge is 0.467 e. The van der Waals surface area contributed by atoms with Crippen LogP contribution in [0.3, 0.4) is 0 Å². The van der Waals surface area contributed by atoms with Crippen molar-refractivity contribution in [2.24, 2.45) is 5.92 Å². The number of benzene rings is 1. The number of aliphatic hydroxyl groups is 1. The fourth-order valence-corrected chi connectivity index (χ4v) is 2.14. The zero-order chi connectivity index (χ0) is 17.0. The van der Waals surface area contributed by atoms with E-state index in [-0.39, 0.29) is 0 Å². The highest BCUT2D eigenvalue weighted by molar-refractivity contribution is 5.97. The van der Waals surface area contributed by atoms with Crippen molar-refractivity contribution in [3.63, 3.8) is 0 Å². The predicted molar refractivity (Wildman–Crippen MR) is 87.8 cm³/mol. The number of carbonyl (C=O) groups excluding carboxylic acids is 2. The maximum absolute atomic E-state index is 12.3. The molecule has 0 radical (unpaired) electrons. The molecule has 0 saturated heterocycles. The van der Waals surface area contributed by atoms with E-state index in [0.717, 1.165) is 5.56 Å². The predicted octanol–water partition coefficient (Wildman–Crippen LogP) is 2.15. The van der Waals surface area contributed by atoms with Crippen molar-refractivity contribution in [1.29, 1.82) is 0 Å². The van der Waals surface area contributed by atoms with Gasteiger partial charge in [-0.05, 0) is 50.3 Å². The molecule has 1 aliphatic rings. The Morgan fingerprint density at radius 1 is 1.30 bits per heavy atom. The summed E-state index contributed by atoms with van der Waals surface area (Å²) in [6, 6.07) is 5.96. The Balaban J connectivity index is 2.05. The first-order valence-corrected chi connectivity index (χ1v) is 7.70. The molecular formula is C18H23NO4. The van der Waals surface area contributed by atoms with E-state index in [2.05, 4.69) is 16.1 Å². The highest BCUT2D eigenvalue weighted by Gasteiger charge is 2.35. The summed E-state index contributed by atoms with van der Waals surface area (Å²) in [5.74, 6) is -0.416. The molecule has 1 fully saturated rings. The van der Waals surface area contributed by atoms with Gasteiger partial charge in [0.2, 0.25) is 0 Å². The van der Waals surface area contributed by atoms with Gasteiger partial charge in [-0.15, -0.1) is 0 Å². The number of hydrogen-bond donors (Lipinski definition) is 2. The third kappa shape index (κ3) is 4.93. The minimum absolute atomic E-state index is 0.423. The number of esters is 1. The van der Waals surface area contributed by atoms with E-state index in [1.165, 1.54) is 33.8 Å². The van der Waals surface area contributed by atoms with Crippen LogP contribution in [0.25, 0.3) is 6.08 Å². The Kier molecular flexibility index (Phi) is 5.21. The standard InChI is InChI=1S/C18H23NO4/c1-18(2,22)15(17(21)23-3)19-16(20)14-10-8-13(9-11-14)7-6-12-4-5-12/h6-12,15,22H,4-5H2,1-3H3,(H,19,20)/b7-6+/t15-/m1/s1. The molecule has 23 heavy (non-hydrogen) atoms. The number of ether oxygens (including phenoxy) is 1. The molecule has 5 heteroatoms. The molecule has 1 amide bonds. The number of allylic oxidation sites excluding steroid dienone is 1. The summed E-state index contributed by atoms with van der Waals surface area (Å²) in [4.78, 5) is 24.0. The van der Waals surface area contributed by atoms with Crippen LogP contribution in [0.4, 0.5) is 0 Å². The molecule has 2 N–H and O–H groups in total. The van der Waals surface area contributed by atoms with Crippen LogP contribution in [0.1, 0.15) is 42.6 Å². The zero-order valence-corrected chi connectivity index (χ0v) is 13.7. The van der Waals surface area contributed by atoms with Crippen molar-refractivity contribution >= 4 is 18.0 Å². The normalized spacial score (nSPS) is 16.2. The number of amides is 1. The lowest BCUT2D eigenvalue weighted by atomic mass is 9.98. The molecule has 2 rings (SSSR count). The van der Waals surface area contributed by atoms with Crippen LogP contribution < -0.4 is 5.32 Å². The lowest BCUT2D eigenvalue weighted by molar-refractivity contribution is -0.148. The maximum atomic E-state index is 12.3. The summed E-state index contributed by atoms with van der Waals surface area (Å²) >= 11 is 0. The fraction of sp³-hybridized carbons (Fsp3) is 0.444. The number of rotatable bonds is 6. The van der Waals surface area contributed by atoms with Gasteiger partial charge in [0, 0.05) is 5.56 Å². The van der Waals surface area contributed by atoms with Crippen LogP contribution in [0.15, 0.2) is 30.3 Å². The minimum atomic E-state index is -1.42. The lowest BCUT2D eigenvalue weighted by Gasteiger charge is -2.27. The molecule has 1 atom stereocenters. The Bertz CT molecular complexity index is 594. The van der Waals surface area contributed by atoms with Gasteiger partial charge in [0.15, 0.2) is 6.04 Å². The van der Waals surface area contributed by atoms with Crippen molar-refractivity contribution in [2.45, 2.75) is 38.3 Å². The van der Waals surface area contributed by atoms with Gasteiger partial charge in [0.1, 0.15) is 0 Å². The molecule has 0 bridgehead atoms. The third-order valence-corrected chi connectivity index (χ3v) is 3.77. The number of methoxy groups -OCH3 is 1. The second kappa shape index (κ2) is 6.96. The zero-order valence-electron chi connectivity index (χ0n) is 13.7. The van der Waals surface area contributed by atoms with Gasteiger partial charge >= 0.3 is 5.97 Å². The Morgan fingerprint density at radius 2 is 1.91 bits per heavy atom. The summed E-state index contributed by atoms with van der Waals surface area (Å²) in [6.07, 6.45) is 6.73. The van der Waals surface area contributed by atoms with Crippen LogP contribution in [-0.4, -0.2) is 35.7 Å². The highest BCUT2D eigenvalue weighted by Crippen LogP contribution is 2.30. The van der Waals surface area contributed by atoms with Crippen LogP contribution >= 0.6 is 0 Å². The molecule has 1 saturated carbocycles. The minimum Gasteiger partial charge on any atom is -0.467 e. The maximum Gasteiger partial charge on any atom is 0.331 e. The second-order valence-corrected chi connectivity index (χ2v) is 6.40. The van der Waals surface area contributed by atoms with E-state index in [1.54, 1.807) is 12.1 Å². The number of hydrogen-bond acceptors (Lipinski definition) is 4. The average Bonchev–Trinajstić information content (AvgIpc) is 3.33. The molecule has 0 spiro atoms. The number of carbonyl (C=O) groups is 2. The van der Waals surface area contributed by atoms with E-state index >= 15 is 0 Å². The Labute approximate surface area is 136 Å². The molecule has 1 aromatic carbocycles. The summed E-state index contributed by atoms with van der Waals surface area (Å²) in [6.45, 7) is 2.89. The first kappa shape index (κ1) is 17.2. The summed E-state index contributed by atoms with van der Waals surface area (Å²) < 4.78 is 4.63. The third-order valence-electron chi connectivity index (χ3n) is 3.77. The van der Waals surface area contributed by atoms with Crippen molar-refractivity contribution < 1.29 is 19.4 Å². The van der Waals surface area contributed by atoms with Crippen LogP contribution in [0.5, 0.6) is 0 Å². The molecule has 0 unspecified atom stereocenters. The monoisotopic (exact) mass is 317 g/mol. The molecule has 1 aromatic rings. The smallest absolute Gasteiger partial charge is 0.331 e. The molecule has 0 aromatic heterocycles. The Hall–Kier alpha value is -2.14. The fourth-order valence-electron chi connectivity index (χ4n) is 2.14. The Morgan fingerprint density at radius 3 is 2.39 bits per heavy atom. The molecule has 124 valence electrons. The second-order valence-electron chi connectivity index (χ2n) is 6.40. The van der Waals surface area contributed by atoms with Crippen molar-refractivity contribution in [3.8, 4) is 0 Å². The van der Waals surface area contributed by atoms with Gasteiger partial charge in [-0.3, -0.25) is 4.79 Å². The first-order chi connectivity index (χ1) is 10.8. The SMILES string of the molecule is COC(=O)[C@@H](NC(=O)c1ccc(/C=C/C2CC2)cc1)C(C)(C)O. The quantitative estimate of drug-likeness (QED) is 0.788.